The van der Waals surface area contributed by atoms with Gasteiger partial charge in [0.1, 0.15) is 5.75 Å². The summed E-state index contributed by atoms with van der Waals surface area (Å²) in [5, 5.41) is 10.7. The summed E-state index contributed by atoms with van der Waals surface area (Å²) < 4.78 is 0. The summed E-state index contributed by atoms with van der Waals surface area (Å²) in [6.07, 6.45) is 2.74. The van der Waals surface area contributed by atoms with E-state index >= 15 is 0 Å². The first-order chi connectivity index (χ1) is 10.9. The average Bonchev–Trinajstić information content (AvgIpc) is 2.86. The number of amides is 1. The number of rotatable bonds is 6. The molecule has 0 aliphatic carbocycles. The molecule has 128 valence electrons. The second-order valence-electron chi connectivity index (χ2n) is 6.77. The zero-order valence-corrected chi connectivity index (χ0v) is 15.7. The second kappa shape index (κ2) is 7.61. The van der Waals surface area contributed by atoms with Crippen molar-refractivity contribution >= 4 is 17.7 Å². The van der Waals surface area contributed by atoms with Crippen LogP contribution in [0, 0.1) is 0 Å². The summed E-state index contributed by atoms with van der Waals surface area (Å²) in [6, 6.07) is 4.23. The van der Waals surface area contributed by atoms with E-state index in [9.17, 15) is 9.90 Å². The highest BCUT2D eigenvalue weighted by Gasteiger charge is 2.30. The van der Waals surface area contributed by atoms with Crippen molar-refractivity contribution in [1.82, 2.24) is 4.90 Å². The van der Waals surface area contributed by atoms with Crippen molar-refractivity contribution in [3.05, 3.63) is 28.8 Å². The lowest BCUT2D eigenvalue weighted by atomic mass is 9.87. The predicted molar refractivity (Wildman–Crippen MR) is 98.2 cm³/mol. The number of nitrogens with zero attached hydrogens (tertiary/aromatic N) is 1. The van der Waals surface area contributed by atoms with Crippen LogP contribution in [0.4, 0.5) is 0 Å². The van der Waals surface area contributed by atoms with E-state index in [4.69, 9.17) is 0 Å². The molecule has 1 aliphatic heterocycles. The fourth-order valence-electron chi connectivity index (χ4n) is 3.00. The standard InChI is InChI=1S/C19H29NO2S/c1-6-12(3)15-8-14(9-16(18(15)21)13(4)7-2)10-17-19(22)20(5)11-23-17/h8-9,12-13,17,21H,6-7,10-11H2,1-5H3. The molecule has 3 unspecified atom stereocenters. The predicted octanol–water partition coefficient (Wildman–Crippen LogP) is 4.49. The second-order valence-corrected chi connectivity index (χ2v) is 7.93. The molecule has 1 amide bonds. The summed E-state index contributed by atoms with van der Waals surface area (Å²) in [5.41, 5.74) is 3.24. The number of benzene rings is 1. The average molecular weight is 336 g/mol. The van der Waals surface area contributed by atoms with E-state index in [0.717, 1.165) is 36.3 Å². The Bertz CT molecular complexity index is 541. The van der Waals surface area contributed by atoms with E-state index in [-0.39, 0.29) is 11.2 Å². The molecule has 1 aliphatic rings. The molecular formula is C19H29NO2S. The molecule has 0 spiro atoms. The van der Waals surface area contributed by atoms with Crippen molar-refractivity contribution in [1.29, 1.82) is 0 Å². The Morgan fingerprint density at radius 3 is 2.13 bits per heavy atom. The molecule has 2 rings (SSSR count). The molecule has 0 radical (unpaired) electrons. The van der Waals surface area contributed by atoms with Gasteiger partial charge in [-0.25, -0.2) is 0 Å². The maximum Gasteiger partial charge on any atom is 0.236 e. The van der Waals surface area contributed by atoms with Crippen molar-refractivity contribution in [2.24, 2.45) is 0 Å². The van der Waals surface area contributed by atoms with Gasteiger partial charge in [0.2, 0.25) is 5.91 Å². The molecule has 1 aromatic rings. The van der Waals surface area contributed by atoms with E-state index in [1.165, 1.54) is 5.56 Å². The maximum atomic E-state index is 12.2. The Morgan fingerprint density at radius 1 is 1.22 bits per heavy atom. The lowest BCUT2D eigenvalue weighted by Gasteiger charge is -2.20. The minimum atomic E-state index is 0.0131. The van der Waals surface area contributed by atoms with Crippen LogP contribution in [0.15, 0.2) is 12.1 Å². The molecule has 1 heterocycles. The SMILES string of the molecule is CCC(C)c1cc(CC2SCN(C)C2=O)cc(C(C)CC)c1O. The first-order valence-corrected chi connectivity index (χ1v) is 9.66. The first-order valence-electron chi connectivity index (χ1n) is 8.61. The molecule has 3 nitrogen and oxygen atoms in total. The van der Waals surface area contributed by atoms with Crippen LogP contribution in [0.2, 0.25) is 0 Å². The molecule has 1 aromatic carbocycles. The van der Waals surface area contributed by atoms with Crippen LogP contribution in [0.3, 0.4) is 0 Å². The summed E-state index contributed by atoms with van der Waals surface area (Å²) in [7, 11) is 1.86. The van der Waals surface area contributed by atoms with Gasteiger partial charge in [-0.3, -0.25) is 4.79 Å². The van der Waals surface area contributed by atoms with Gasteiger partial charge in [0, 0.05) is 7.05 Å². The van der Waals surface area contributed by atoms with E-state index in [1.54, 1.807) is 16.7 Å². The number of thioether (sulfide) groups is 1. The molecule has 0 aromatic heterocycles. The zero-order valence-electron chi connectivity index (χ0n) is 14.9. The van der Waals surface area contributed by atoms with Gasteiger partial charge in [0.05, 0.1) is 11.1 Å². The van der Waals surface area contributed by atoms with E-state index in [0.29, 0.717) is 17.6 Å². The van der Waals surface area contributed by atoms with E-state index < -0.39 is 0 Å². The Hall–Kier alpha value is -1.16. The van der Waals surface area contributed by atoms with Crippen molar-refractivity contribution in [3.8, 4) is 5.75 Å². The number of phenols is 1. The molecule has 0 saturated carbocycles. The summed E-state index contributed by atoms with van der Waals surface area (Å²) in [6.45, 7) is 8.60. The minimum absolute atomic E-state index is 0.0131. The largest absolute Gasteiger partial charge is 0.507 e. The van der Waals surface area contributed by atoms with E-state index in [1.807, 2.05) is 7.05 Å². The Morgan fingerprint density at radius 2 is 1.74 bits per heavy atom. The number of hydrogen-bond donors (Lipinski definition) is 1. The highest BCUT2D eigenvalue weighted by molar-refractivity contribution is 8.01. The molecule has 4 heteroatoms. The summed E-state index contributed by atoms with van der Waals surface area (Å²) >= 11 is 1.71. The van der Waals surface area contributed by atoms with Crippen LogP contribution >= 0.6 is 11.8 Å². The van der Waals surface area contributed by atoms with Crippen molar-refractivity contribution in [3.63, 3.8) is 0 Å². The summed E-state index contributed by atoms with van der Waals surface area (Å²) in [4.78, 5) is 14.0. The monoisotopic (exact) mass is 335 g/mol. The molecule has 3 atom stereocenters. The van der Waals surface area contributed by atoms with Gasteiger partial charge in [-0.15, -0.1) is 11.8 Å². The fraction of sp³-hybridized carbons (Fsp3) is 0.632. The third-order valence-corrected chi connectivity index (χ3v) is 6.36. The van der Waals surface area contributed by atoms with Crippen LogP contribution in [0.5, 0.6) is 5.75 Å². The van der Waals surface area contributed by atoms with Gasteiger partial charge in [-0.1, -0.05) is 39.8 Å². The zero-order chi connectivity index (χ0) is 17.1. The quantitative estimate of drug-likeness (QED) is 0.832. The number of aromatic hydroxyl groups is 1. The van der Waals surface area contributed by atoms with Crippen molar-refractivity contribution in [2.45, 2.75) is 64.0 Å². The number of carbonyl (C=O) groups excluding carboxylic acids is 1. The van der Waals surface area contributed by atoms with Gasteiger partial charge < -0.3 is 10.0 Å². The molecule has 23 heavy (non-hydrogen) atoms. The normalized spacial score (nSPS) is 20.8. The van der Waals surface area contributed by atoms with Crippen LogP contribution in [-0.2, 0) is 11.2 Å². The number of carbonyl (C=O) groups is 1. The van der Waals surface area contributed by atoms with Gasteiger partial charge in [-0.05, 0) is 47.8 Å². The fourth-order valence-corrected chi connectivity index (χ4v) is 4.16. The third-order valence-electron chi connectivity index (χ3n) is 5.06. The van der Waals surface area contributed by atoms with E-state index in [2.05, 4.69) is 39.8 Å². The van der Waals surface area contributed by atoms with Crippen LogP contribution < -0.4 is 0 Å². The lowest BCUT2D eigenvalue weighted by molar-refractivity contribution is -0.127. The number of phenolic OH excluding ortho intramolecular Hbond substituents is 1. The molecule has 0 bridgehead atoms. The summed E-state index contributed by atoms with van der Waals surface area (Å²) in [5.74, 6) is 2.11. The Balaban J connectivity index is 2.37. The highest BCUT2D eigenvalue weighted by atomic mass is 32.2. The Kier molecular flexibility index (Phi) is 6.01. The van der Waals surface area contributed by atoms with Crippen LogP contribution in [0.25, 0.3) is 0 Å². The van der Waals surface area contributed by atoms with Gasteiger partial charge >= 0.3 is 0 Å². The van der Waals surface area contributed by atoms with Gasteiger partial charge in [0.15, 0.2) is 0 Å². The van der Waals surface area contributed by atoms with Crippen molar-refractivity contribution in [2.75, 3.05) is 12.9 Å². The van der Waals surface area contributed by atoms with Crippen LogP contribution in [-0.4, -0.2) is 34.1 Å². The Labute approximate surface area is 144 Å². The molecular weight excluding hydrogens is 306 g/mol. The molecule has 1 fully saturated rings. The first kappa shape index (κ1) is 18.2. The molecule has 1 saturated heterocycles. The highest BCUT2D eigenvalue weighted by Crippen LogP contribution is 2.38. The van der Waals surface area contributed by atoms with Crippen LogP contribution in [0.1, 0.15) is 69.1 Å². The minimum Gasteiger partial charge on any atom is -0.507 e. The third kappa shape index (κ3) is 3.85. The van der Waals surface area contributed by atoms with Gasteiger partial charge in [0.25, 0.3) is 0 Å². The molecule has 1 N–H and O–H groups in total. The lowest BCUT2D eigenvalue weighted by Crippen LogP contribution is -2.26. The topological polar surface area (TPSA) is 40.5 Å². The van der Waals surface area contributed by atoms with Gasteiger partial charge in [-0.2, -0.15) is 0 Å². The van der Waals surface area contributed by atoms with Crippen molar-refractivity contribution < 1.29 is 9.90 Å². The smallest absolute Gasteiger partial charge is 0.236 e. The maximum absolute atomic E-state index is 12.2. The number of hydrogen-bond acceptors (Lipinski definition) is 3.